The van der Waals surface area contributed by atoms with Gasteiger partial charge in [-0.15, -0.1) is 0 Å². The molecule has 124 valence electrons. The van der Waals surface area contributed by atoms with Gasteiger partial charge in [-0.25, -0.2) is 9.78 Å². The number of carbonyl (C=O) groups is 1. The van der Waals surface area contributed by atoms with Gasteiger partial charge >= 0.3 is 5.97 Å². The van der Waals surface area contributed by atoms with Gasteiger partial charge in [0.1, 0.15) is 11.3 Å². The van der Waals surface area contributed by atoms with E-state index in [2.05, 4.69) is 15.2 Å². The molecule has 0 aliphatic rings. The predicted octanol–water partition coefficient (Wildman–Crippen LogP) is 3.60. The molecular formula is C16H10ClN5O2S. The molecule has 0 aliphatic carbocycles. The SMILES string of the molecule is O=C(O)c1cccc(-n2c(-c3cn4ccc(Cl)cc4n3)n[nH]c2=S)c1. The second kappa shape index (κ2) is 5.83. The number of aromatic amines is 1. The van der Waals surface area contributed by atoms with Crippen LogP contribution in [0.2, 0.25) is 5.02 Å². The standard InChI is InChI=1S/C16H10ClN5O2S/c17-10-4-5-21-8-12(18-13(21)7-10)14-19-20-16(25)22(14)11-3-1-2-9(6-11)15(23)24/h1-8H,(H,20,25)(H,23,24). The highest BCUT2D eigenvalue weighted by Crippen LogP contribution is 2.23. The van der Waals surface area contributed by atoms with Crippen molar-refractivity contribution in [2.45, 2.75) is 0 Å². The molecule has 0 bridgehead atoms. The number of H-pyrrole nitrogens is 1. The predicted molar refractivity (Wildman–Crippen MR) is 94.9 cm³/mol. The molecule has 25 heavy (non-hydrogen) atoms. The quantitative estimate of drug-likeness (QED) is 0.537. The average Bonchev–Trinajstić information content (AvgIpc) is 3.17. The second-order valence-corrected chi connectivity index (χ2v) is 6.10. The lowest BCUT2D eigenvalue weighted by Crippen LogP contribution is -2.01. The molecule has 0 atom stereocenters. The number of aromatic carboxylic acids is 1. The Morgan fingerprint density at radius 2 is 2.12 bits per heavy atom. The number of rotatable bonds is 3. The first-order chi connectivity index (χ1) is 12.0. The smallest absolute Gasteiger partial charge is 0.335 e. The van der Waals surface area contributed by atoms with E-state index >= 15 is 0 Å². The summed E-state index contributed by atoms with van der Waals surface area (Å²) in [4.78, 5) is 15.7. The Labute approximate surface area is 151 Å². The summed E-state index contributed by atoms with van der Waals surface area (Å²) in [6, 6.07) is 9.95. The van der Waals surface area contributed by atoms with E-state index in [0.29, 0.717) is 32.6 Å². The van der Waals surface area contributed by atoms with Gasteiger partial charge in [0.15, 0.2) is 10.6 Å². The zero-order valence-corrected chi connectivity index (χ0v) is 14.1. The van der Waals surface area contributed by atoms with Crippen molar-refractivity contribution >= 4 is 35.4 Å². The fraction of sp³-hybridized carbons (Fsp3) is 0. The van der Waals surface area contributed by atoms with Crippen LogP contribution in [0.4, 0.5) is 0 Å². The maximum absolute atomic E-state index is 11.2. The third-order valence-electron chi connectivity index (χ3n) is 3.68. The molecule has 0 amide bonds. The maximum atomic E-state index is 11.2. The molecule has 0 fully saturated rings. The number of pyridine rings is 1. The van der Waals surface area contributed by atoms with Crippen molar-refractivity contribution < 1.29 is 9.90 Å². The van der Waals surface area contributed by atoms with Crippen LogP contribution >= 0.6 is 23.8 Å². The minimum absolute atomic E-state index is 0.160. The summed E-state index contributed by atoms with van der Waals surface area (Å²) < 4.78 is 3.80. The first-order valence-electron chi connectivity index (χ1n) is 7.19. The molecule has 4 rings (SSSR count). The van der Waals surface area contributed by atoms with Crippen LogP contribution < -0.4 is 0 Å². The van der Waals surface area contributed by atoms with Crippen LogP contribution in [0.25, 0.3) is 22.9 Å². The van der Waals surface area contributed by atoms with Crippen LogP contribution in [-0.4, -0.2) is 35.2 Å². The number of fused-ring (bicyclic) bond motifs is 1. The molecule has 0 aliphatic heterocycles. The molecule has 2 N–H and O–H groups in total. The Kier molecular flexibility index (Phi) is 3.63. The number of hydrogen-bond acceptors (Lipinski definition) is 4. The van der Waals surface area contributed by atoms with E-state index in [1.165, 1.54) is 12.1 Å². The lowest BCUT2D eigenvalue weighted by molar-refractivity contribution is 0.0697. The monoisotopic (exact) mass is 371 g/mol. The second-order valence-electron chi connectivity index (χ2n) is 5.28. The van der Waals surface area contributed by atoms with E-state index in [1.807, 2.05) is 4.40 Å². The van der Waals surface area contributed by atoms with Crippen molar-refractivity contribution in [3.63, 3.8) is 0 Å². The average molecular weight is 372 g/mol. The van der Waals surface area contributed by atoms with E-state index in [9.17, 15) is 9.90 Å². The number of benzene rings is 1. The molecule has 3 heterocycles. The van der Waals surface area contributed by atoms with Crippen molar-refractivity contribution in [1.82, 2.24) is 24.1 Å². The van der Waals surface area contributed by atoms with Crippen LogP contribution in [0.1, 0.15) is 10.4 Å². The summed E-state index contributed by atoms with van der Waals surface area (Å²) in [7, 11) is 0. The van der Waals surface area contributed by atoms with Gasteiger partial charge in [-0.3, -0.25) is 9.67 Å². The molecule has 0 saturated heterocycles. The number of aromatic nitrogens is 5. The fourth-order valence-electron chi connectivity index (χ4n) is 2.55. The van der Waals surface area contributed by atoms with Gasteiger partial charge in [0.2, 0.25) is 0 Å². The van der Waals surface area contributed by atoms with Crippen molar-refractivity contribution in [1.29, 1.82) is 0 Å². The number of hydrogen-bond donors (Lipinski definition) is 2. The van der Waals surface area contributed by atoms with Crippen molar-refractivity contribution in [3.8, 4) is 17.2 Å². The highest BCUT2D eigenvalue weighted by atomic mass is 35.5. The van der Waals surface area contributed by atoms with Crippen LogP contribution in [-0.2, 0) is 0 Å². The number of imidazole rings is 1. The van der Waals surface area contributed by atoms with Gasteiger partial charge < -0.3 is 9.51 Å². The normalized spacial score (nSPS) is 11.1. The maximum Gasteiger partial charge on any atom is 0.335 e. The number of carboxylic acids is 1. The molecule has 3 aromatic heterocycles. The third-order valence-corrected chi connectivity index (χ3v) is 4.18. The Bertz CT molecular complexity index is 1180. The zero-order chi connectivity index (χ0) is 17.6. The van der Waals surface area contributed by atoms with Gasteiger partial charge in [0.05, 0.1) is 11.3 Å². The largest absolute Gasteiger partial charge is 0.478 e. The first-order valence-corrected chi connectivity index (χ1v) is 7.97. The summed E-state index contributed by atoms with van der Waals surface area (Å²) in [6.45, 7) is 0. The molecule has 0 unspecified atom stereocenters. The van der Waals surface area contributed by atoms with E-state index in [1.54, 1.807) is 41.2 Å². The number of nitrogens with one attached hydrogen (secondary N) is 1. The van der Waals surface area contributed by atoms with Crippen LogP contribution in [0.5, 0.6) is 0 Å². The first kappa shape index (κ1) is 15.6. The molecule has 4 aromatic rings. The van der Waals surface area contributed by atoms with Gasteiger partial charge in [-0.1, -0.05) is 17.7 Å². The number of nitrogens with zero attached hydrogens (tertiary/aromatic N) is 4. The summed E-state index contributed by atoms with van der Waals surface area (Å²) in [6.07, 6.45) is 3.60. The summed E-state index contributed by atoms with van der Waals surface area (Å²) in [5, 5.41) is 16.8. The Hall–Kier alpha value is -2.97. The van der Waals surface area contributed by atoms with Gasteiger partial charge in [0.25, 0.3) is 0 Å². The topological polar surface area (TPSA) is 88.2 Å². The van der Waals surface area contributed by atoms with Crippen LogP contribution in [0, 0.1) is 4.77 Å². The van der Waals surface area contributed by atoms with E-state index < -0.39 is 5.97 Å². The van der Waals surface area contributed by atoms with Crippen LogP contribution in [0.3, 0.4) is 0 Å². The van der Waals surface area contributed by atoms with Gasteiger partial charge in [-0.05, 0) is 36.5 Å². The minimum atomic E-state index is -1.01. The highest BCUT2D eigenvalue weighted by molar-refractivity contribution is 7.71. The number of halogens is 1. The minimum Gasteiger partial charge on any atom is -0.478 e. The molecular weight excluding hydrogens is 362 g/mol. The molecule has 7 nitrogen and oxygen atoms in total. The molecule has 0 saturated carbocycles. The third kappa shape index (κ3) is 2.71. The lowest BCUT2D eigenvalue weighted by Gasteiger charge is -2.06. The van der Waals surface area contributed by atoms with Gasteiger partial charge in [-0.2, -0.15) is 5.10 Å². The Balaban J connectivity index is 1.91. The van der Waals surface area contributed by atoms with E-state index in [4.69, 9.17) is 23.8 Å². The van der Waals surface area contributed by atoms with E-state index in [0.717, 1.165) is 0 Å². The number of carboxylic acid groups (broad SMARTS) is 1. The van der Waals surface area contributed by atoms with Crippen molar-refractivity contribution in [2.75, 3.05) is 0 Å². The van der Waals surface area contributed by atoms with Crippen molar-refractivity contribution in [3.05, 3.63) is 64.1 Å². The van der Waals surface area contributed by atoms with Crippen molar-refractivity contribution in [2.24, 2.45) is 0 Å². The zero-order valence-electron chi connectivity index (χ0n) is 12.5. The summed E-state index contributed by atoms with van der Waals surface area (Å²) >= 11 is 11.3. The van der Waals surface area contributed by atoms with Gasteiger partial charge in [0, 0.05) is 23.5 Å². The highest BCUT2D eigenvalue weighted by Gasteiger charge is 2.15. The van der Waals surface area contributed by atoms with E-state index in [-0.39, 0.29) is 5.56 Å². The fourth-order valence-corrected chi connectivity index (χ4v) is 2.94. The summed E-state index contributed by atoms with van der Waals surface area (Å²) in [5.41, 5.74) is 2.00. The molecule has 9 heteroatoms. The lowest BCUT2D eigenvalue weighted by atomic mass is 10.2. The molecule has 1 aromatic carbocycles. The van der Waals surface area contributed by atoms with Crippen LogP contribution in [0.15, 0.2) is 48.8 Å². The molecule has 0 radical (unpaired) electrons. The Morgan fingerprint density at radius 3 is 2.92 bits per heavy atom. The molecule has 0 spiro atoms. The Morgan fingerprint density at radius 1 is 1.28 bits per heavy atom. The summed E-state index contributed by atoms with van der Waals surface area (Å²) in [5.74, 6) is -0.534.